The van der Waals surface area contributed by atoms with Gasteiger partial charge >= 0.3 is 0 Å². The minimum absolute atomic E-state index is 0.00193. The first kappa shape index (κ1) is 11.9. The Bertz CT molecular complexity index is 388. The topological polar surface area (TPSA) is 58.6 Å². The molecule has 1 aliphatic carbocycles. The van der Waals surface area contributed by atoms with Crippen molar-refractivity contribution >= 4 is 11.6 Å². The lowest BCUT2D eigenvalue weighted by Crippen LogP contribution is -2.14. The van der Waals surface area contributed by atoms with Gasteiger partial charge in [0, 0.05) is 11.6 Å². The van der Waals surface area contributed by atoms with E-state index in [0.29, 0.717) is 11.7 Å². The molecule has 0 aromatic heterocycles. The number of carbonyl (C=O) groups is 1. The first-order valence-corrected chi connectivity index (χ1v) is 5.85. The zero-order valence-corrected chi connectivity index (χ0v) is 9.85. The molecule has 1 saturated carbocycles. The van der Waals surface area contributed by atoms with E-state index in [-0.39, 0.29) is 25.0 Å². The molecule has 4 nitrogen and oxygen atoms in total. The monoisotopic (exact) mass is 235 g/mol. The first-order chi connectivity index (χ1) is 8.20. The van der Waals surface area contributed by atoms with Gasteiger partial charge in [-0.2, -0.15) is 0 Å². The molecular formula is C13H17NO3. The van der Waals surface area contributed by atoms with Crippen LogP contribution in [0, 0.1) is 11.8 Å². The van der Waals surface area contributed by atoms with E-state index in [1.807, 2.05) is 0 Å². The molecule has 4 heteroatoms. The van der Waals surface area contributed by atoms with Gasteiger partial charge < -0.3 is 15.2 Å². The lowest BCUT2D eigenvalue weighted by Gasteiger charge is -2.07. The molecule has 0 radical (unpaired) electrons. The van der Waals surface area contributed by atoms with Gasteiger partial charge in [0.15, 0.2) is 0 Å². The maximum absolute atomic E-state index is 11.7. The number of benzene rings is 1. The van der Waals surface area contributed by atoms with Gasteiger partial charge in [-0.05, 0) is 36.6 Å². The molecule has 0 saturated heterocycles. The van der Waals surface area contributed by atoms with Crippen LogP contribution in [0.2, 0.25) is 0 Å². The summed E-state index contributed by atoms with van der Waals surface area (Å²) in [5, 5.41) is 11.5. The van der Waals surface area contributed by atoms with Crippen LogP contribution < -0.4 is 10.1 Å². The van der Waals surface area contributed by atoms with Crippen LogP contribution in [0.5, 0.6) is 5.75 Å². The van der Waals surface area contributed by atoms with E-state index < -0.39 is 0 Å². The average molecular weight is 235 g/mol. The van der Waals surface area contributed by atoms with Crippen molar-refractivity contribution in [2.24, 2.45) is 11.8 Å². The van der Waals surface area contributed by atoms with Gasteiger partial charge in [-0.1, -0.05) is 6.92 Å². The van der Waals surface area contributed by atoms with Crippen molar-refractivity contribution in [3.05, 3.63) is 24.3 Å². The van der Waals surface area contributed by atoms with Crippen molar-refractivity contribution in [2.45, 2.75) is 13.3 Å². The van der Waals surface area contributed by atoms with E-state index >= 15 is 0 Å². The Balaban J connectivity index is 1.87. The SMILES string of the molecule is CC1CC1C(=O)Nc1ccc(OCCO)cc1. The molecule has 1 aliphatic rings. The van der Waals surface area contributed by atoms with Crippen LogP contribution in [0.25, 0.3) is 0 Å². The predicted molar refractivity (Wildman–Crippen MR) is 64.9 cm³/mol. The summed E-state index contributed by atoms with van der Waals surface area (Å²) < 4.78 is 5.23. The third kappa shape index (κ3) is 3.20. The molecule has 92 valence electrons. The maximum atomic E-state index is 11.7. The third-order valence-electron chi connectivity index (χ3n) is 2.93. The molecule has 0 heterocycles. The maximum Gasteiger partial charge on any atom is 0.227 e. The number of carbonyl (C=O) groups excluding carboxylic acids is 1. The Hall–Kier alpha value is -1.55. The summed E-state index contributed by atoms with van der Waals surface area (Å²) in [7, 11) is 0. The van der Waals surface area contributed by atoms with Crippen LogP contribution in [0.4, 0.5) is 5.69 Å². The number of anilines is 1. The van der Waals surface area contributed by atoms with Crippen LogP contribution in [0.15, 0.2) is 24.3 Å². The van der Waals surface area contributed by atoms with Gasteiger partial charge in [-0.25, -0.2) is 0 Å². The van der Waals surface area contributed by atoms with E-state index in [4.69, 9.17) is 9.84 Å². The highest BCUT2D eigenvalue weighted by atomic mass is 16.5. The van der Waals surface area contributed by atoms with Gasteiger partial charge in [0.2, 0.25) is 5.91 Å². The fraction of sp³-hybridized carbons (Fsp3) is 0.462. The van der Waals surface area contributed by atoms with Crippen LogP contribution in [-0.4, -0.2) is 24.2 Å². The smallest absolute Gasteiger partial charge is 0.227 e. The lowest BCUT2D eigenvalue weighted by molar-refractivity contribution is -0.117. The van der Waals surface area contributed by atoms with Crippen molar-refractivity contribution in [1.82, 2.24) is 0 Å². The molecule has 2 atom stereocenters. The summed E-state index contributed by atoms with van der Waals surface area (Å²) >= 11 is 0. The molecule has 0 spiro atoms. The molecular weight excluding hydrogens is 218 g/mol. The van der Waals surface area contributed by atoms with Crippen molar-refractivity contribution in [3.63, 3.8) is 0 Å². The van der Waals surface area contributed by atoms with Crippen molar-refractivity contribution < 1.29 is 14.6 Å². The molecule has 1 fully saturated rings. The highest BCUT2D eigenvalue weighted by Crippen LogP contribution is 2.38. The van der Waals surface area contributed by atoms with E-state index in [1.54, 1.807) is 24.3 Å². The minimum Gasteiger partial charge on any atom is -0.491 e. The Kier molecular flexibility index (Phi) is 3.64. The minimum atomic E-state index is -0.00193. The van der Waals surface area contributed by atoms with Crippen molar-refractivity contribution in [1.29, 1.82) is 0 Å². The highest BCUT2D eigenvalue weighted by Gasteiger charge is 2.38. The number of nitrogens with one attached hydrogen (secondary N) is 1. The number of hydrogen-bond donors (Lipinski definition) is 2. The molecule has 2 unspecified atom stereocenters. The molecule has 0 aliphatic heterocycles. The van der Waals surface area contributed by atoms with E-state index in [0.717, 1.165) is 12.1 Å². The Labute approximate surface area is 101 Å². The Morgan fingerprint density at radius 2 is 2.12 bits per heavy atom. The van der Waals surface area contributed by atoms with Crippen molar-refractivity contribution in [2.75, 3.05) is 18.5 Å². The summed E-state index contributed by atoms with van der Waals surface area (Å²) in [6.45, 7) is 2.36. The lowest BCUT2D eigenvalue weighted by atomic mass is 10.2. The van der Waals surface area contributed by atoms with Gasteiger partial charge in [0.1, 0.15) is 12.4 Å². The van der Waals surface area contributed by atoms with Crippen LogP contribution in [0.1, 0.15) is 13.3 Å². The van der Waals surface area contributed by atoms with Gasteiger partial charge in [0.05, 0.1) is 6.61 Å². The van der Waals surface area contributed by atoms with Crippen LogP contribution in [-0.2, 0) is 4.79 Å². The molecule has 2 N–H and O–H groups in total. The number of amides is 1. The fourth-order valence-electron chi connectivity index (χ4n) is 1.72. The zero-order chi connectivity index (χ0) is 12.3. The fourth-order valence-corrected chi connectivity index (χ4v) is 1.72. The number of rotatable bonds is 5. The molecule has 0 bridgehead atoms. The van der Waals surface area contributed by atoms with Crippen LogP contribution in [0.3, 0.4) is 0 Å². The summed E-state index contributed by atoms with van der Waals surface area (Å²) in [6.07, 6.45) is 0.990. The zero-order valence-electron chi connectivity index (χ0n) is 9.85. The number of aliphatic hydroxyl groups excluding tert-OH is 1. The normalized spacial score (nSPS) is 22.0. The molecule has 1 amide bonds. The second kappa shape index (κ2) is 5.19. The van der Waals surface area contributed by atoms with Gasteiger partial charge in [-0.15, -0.1) is 0 Å². The number of ether oxygens (including phenoxy) is 1. The number of hydrogen-bond acceptors (Lipinski definition) is 3. The van der Waals surface area contributed by atoms with Gasteiger partial charge in [-0.3, -0.25) is 4.79 Å². The molecule has 2 rings (SSSR count). The second-order valence-electron chi connectivity index (χ2n) is 4.41. The second-order valence-corrected chi connectivity index (χ2v) is 4.41. The summed E-state index contributed by atoms with van der Waals surface area (Å²) in [5.74, 6) is 1.49. The largest absolute Gasteiger partial charge is 0.491 e. The van der Waals surface area contributed by atoms with E-state index in [9.17, 15) is 4.79 Å². The summed E-state index contributed by atoms with van der Waals surface area (Å²) in [6, 6.07) is 7.17. The molecule has 17 heavy (non-hydrogen) atoms. The molecule has 1 aromatic rings. The summed E-state index contributed by atoms with van der Waals surface area (Å²) in [4.78, 5) is 11.7. The molecule has 1 aromatic carbocycles. The quantitative estimate of drug-likeness (QED) is 0.816. The van der Waals surface area contributed by atoms with E-state index in [1.165, 1.54) is 0 Å². The van der Waals surface area contributed by atoms with Crippen LogP contribution >= 0.6 is 0 Å². The average Bonchev–Trinajstić information content (AvgIpc) is 3.06. The first-order valence-electron chi connectivity index (χ1n) is 5.85. The summed E-state index contributed by atoms with van der Waals surface area (Å²) in [5.41, 5.74) is 0.783. The Morgan fingerprint density at radius 1 is 1.47 bits per heavy atom. The highest BCUT2D eigenvalue weighted by molar-refractivity contribution is 5.94. The van der Waals surface area contributed by atoms with Crippen molar-refractivity contribution in [3.8, 4) is 5.75 Å². The number of aliphatic hydroxyl groups is 1. The van der Waals surface area contributed by atoms with Gasteiger partial charge in [0.25, 0.3) is 0 Å². The van der Waals surface area contributed by atoms with E-state index in [2.05, 4.69) is 12.2 Å². The predicted octanol–water partition coefficient (Wildman–Crippen LogP) is 1.65. The Morgan fingerprint density at radius 3 is 2.65 bits per heavy atom. The third-order valence-corrected chi connectivity index (χ3v) is 2.93. The standard InChI is InChI=1S/C13H17NO3/c1-9-8-12(9)13(16)14-10-2-4-11(5-3-10)17-7-6-15/h2-5,9,12,15H,6-8H2,1H3,(H,14,16).